The van der Waals surface area contributed by atoms with Crippen molar-refractivity contribution in [2.24, 2.45) is 0 Å². The van der Waals surface area contributed by atoms with Gasteiger partial charge in [0.2, 0.25) is 0 Å². The Morgan fingerprint density at radius 2 is 1.82 bits per heavy atom. The average Bonchev–Trinajstić information content (AvgIpc) is 3.09. The third kappa shape index (κ3) is 3.44. The van der Waals surface area contributed by atoms with Gasteiger partial charge in [0.1, 0.15) is 5.75 Å². The van der Waals surface area contributed by atoms with Crippen LogP contribution in [0.15, 0.2) is 36.7 Å². The number of hydrogen-bond donors (Lipinski definition) is 0. The van der Waals surface area contributed by atoms with Crippen LogP contribution in [0.5, 0.6) is 5.75 Å². The molecular weight excluding hydrogens is 280 g/mol. The molecule has 22 heavy (non-hydrogen) atoms. The monoisotopic (exact) mass is 300 g/mol. The second kappa shape index (κ2) is 6.60. The van der Waals surface area contributed by atoms with E-state index in [1.165, 1.54) is 5.56 Å². The number of aromatic nitrogens is 3. The van der Waals surface area contributed by atoms with Gasteiger partial charge in [-0.2, -0.15) is 15.0 Å². The Balaban J connectivity index is 1.46. The molecule has 0 bridgehead atoms. The number of benzene rings is 1. The Kier molecular flexibility index (Phi) is 4.37. The number of aryl methyl sites for hydroxylation is 1. The van der Waals surface area contributed by atoms with Crippen LogP contribution in [0.1, 0.15) is 24.4 Å². The number of carbonyl (C=O) groups excluding carboxylic acids is 1. The normalized spacial score (nSPS) is 15.8. The fourth-order valence-electron chi connectivity index (χ4n) is 2.63. The first kappa shape index (κ1) is 14.6. The lowest BCUT2D eigenvalue weighted by Gasteiger charge is -2.31. The van der Waals surface area contributed by atoms with Gasteiger partial charge in [-0.15, -0.1) is 0 Å². The average molecular weight is 300 g/mol. The largest absolute Gasteiger partial charge is 0.484 e. The van der Waals surface area contributed by atoms with Crippen molar-refractivity contribution < 1.29 is 9.53 Å². The highest BCUT2D eigenvalue weighted by molar-refractivity contribution is 5.77. The molecule has 6 heteroatoms. The highest BCUT2D eigenvalue weighted by atomic mass is 16.5. The van der Waals surface area contributed by atoms with Crippen molar-refractivity contribution in [3.63, 3.8) is 0 Å². The van der Waals surface area contributed by atoms with Gasteiger partial charge in [-0.3, -0.25) is 4.79 Å². The second-order valence-corrected chi connectivity index (χ2v) is 5.56. The van der Waals surface area contributed by atoms with Crippen LogP contribution in [0, 0.1) is 6.92 Å². The number of amides is 1. The van der Waals surface area contributed by atoms with Crippen molar-refractivity contribution in [2.45, 2.75) is 25.8 Å². The van der Waals surface area contributed by atoms with Crippen LogP contribution in [-0.4, -0.2) is 45.5 Å². The molecular formula is C16H20N4O2. The zero-order valence-corrected chi connectivity index (χ0v) is 12.7. The first-order valence-corrected chi connectivity index (χ1v) is 7.55. The summed E-state index contributed by atoms with van der Waals surface area (Å²) in [7, 11) is 0. The van der Waals surface area contributed by atoms with Crippen molar-refractivity contribution in [3.05, 3.63) is 42.2 Å². The first-order chi connectivity index (χ1) is 10.7. The number of piperidine rings is 1. The molecule has 1 aromatic heterocycles. The molecule has 2 aromatic rings. The van der Waals surface area contributed by atoms with Gasteiger partial charge in [0, 0.05) is 13.1 Å². The topological polar surface area (TPSA) is 60.2 Å². The number of carbonyl (C=O) groups is 1. The van der Waals surface area contributed by atoms with E-state index in [0.29, 0.717) is 0 Å². The van der Waals surface area contributed by atoms with E-state index in [4.69, 9.17) is 4.74 Å². The van der Waals surface area contributed by atoms with Crippen LogP contribution in [0.2, 0.25) is 0 Å². The predicted molar refractivity (Wildman–Crippen MR) is 81.5 cm³/mol. The summed E-state index contributed by atoms with van der Waals surface area (Å²) in [6.45, 7) is 3.56. The third-order valence-electron chi connectivity index (χ3n) is 3.96. The fourth-order valence-corrected chi connectivity index (χ4v) is 2.63. The summed E-state index contributed by atoms with van der Waals surface area (Å²) in [5.41, 5.74) is 1.17. The fraction of sp³-hybridized carbons (Fsp3) is 0.438. The number of rotatable bonds is 4. The van der Waals surface area contributed by atoms with Crippen molar-refractivity contribution in [1.29, 1.82) is 0 Å². The molecule has 0 atom stereocenters. The van der Waals surface area contributed by atoms with Crippen molar-refractivity contribution in [3.8, 4) is 5.75 Å². The Bertz CT molecular complexity index is 602. The molecule has 0 radical (unpaired) electrons. The molecule has 1 amide bonds. The molecule has 1 saturated heterocycles. The molecule has 1 aromatic carbocycles. The summed E-state index contributed by atoms with van der Waals surface area (Å²) in [6, 6.07) is 8.01. The molecule has 0 N–H and O–H groups in total. The molecule has 1 aliphatic heterocycles. The minimum absolute atomic E-state index is 0.0347. The zero-order chi connectivity index (χ0) is 15.4. The van der Waals surface area contributed by atoms with Gasteiger partial charge >= 0.3 is 0 Å². The molecule has 1 aliphatic rings. The minimum atomic E-state index is 0.0347. The van der Waals surface area contributed by atoms with E-state index < -0.39 is 0 Å². The molecule has 116 valence electrons. The second-order valence-electron chi connectivity index (χ2n) is 5.56. The van der Waals surface area contributed by atoms with Gasteiger partial charge in [0.05, 0.1) is 18.4 Å². The van der Waals surface area contributed by atoms with E-state index in [1.54, 1.807) is 17.2 Å². The van der Waals surface area contributed by atoms with E-state index in [-0.39, 0.29) is 18.6 Å². The molecule has 0 unspecified atom stereocenters. The zero-order valence-electron chi connectivity index (χ0n) is 12.7. The van der Waals surface area contributed by atoms with Crippen molar-refractivity contribution in [2.75, 3.05) is 19.7 Å². The van der Waals surface area contributed by atoms with E-state index in [2.05, 4.69) is 10.2 Å². The van der Waals surface area contributed by atoms with Crippen LogP contribution in [-0.2, 0) is 4.79 Å². The van der Waals surface area contributed by atoms with Crippen LogP contribution in [0.3, 0.4) is 0 Å². The van der Waals surface area contributed by atoms with Crippen LogP contribution in [0.4, 0.5) is 0 Å². The number of nitrogens with zero attached hydrogens (tertiary/aromatic N) is 4. The van der Waals surface area contributed by atoms with Crippen LogP contribution < -0.4 is 4.74 Å². The summed E-state index contributed by atoms with van der Waals surface area (Å²) in [5.74, 6) is 0.766. The molecule has 6 nitrogen and oxygen atoms in total. The van der Waals surface area contributed by atoms with Gasteiger partial charge in [-0.05, 0) is 31.9 Å². The maximum Gasteiger partial charge on any atom is 0.260 e. The number of ether oxygens (including phenoxy) is 1. The Hall–Kier alpha value is -2.37. The van der Waals surface area contributed by atoms with Gasteiger partial charge in [-0.25, -0.2) is 0 Å². The first-order valence-electron chi connectivity index (χ1n) is 7.55. The Morgan fingerprint density at radius 3 is 2.45 bits per heavy atom. The molecule has 1 fully saturated rings. The molecule has 0 spiro atoms. The maximum atomic E-state index is 12.2. The smallest absolute Gasteiger partial charge is 0.260 e. The lowest BCUT2D eigenvalue weighted by atomic mass is 10.1. The highest BCUT2D eigenvalue weighted by Gasteiger charge is 2.24. The quantitative estimate of drug-likeness (QED) is 0.864. The Labute approximate surface area is 129 Å². The highest BCUT2D eigenvalue weighted by Crippen LogP contribution is 2.20. The van der Waals surface area contributed by atoms with E-state index in [1.807, 2.05) is 36.1 Å². The lowest BCUT2D eigenvalue weighted by molar-refractivity contribution is -0.134. The van der Waals surface area contributed by atoms with E-state index in [9.17, 15) is 4.79 Å². The summed E-state index contributed by atoms with van der Waals surface area (Å²) in [6.07, 6.45) is 5.13. The summed E-state index contributed by atoms with van der Waals surface area (Å²) in [4.78, 5) is 15.8. The van der Waals surface area contributed by atoms with Gasteiger partial charge < -0.3 is 9.64 Å². The summed E-state index contributed by atoms with van der Waals surface area (Å²) in [5, 5.41) is 8.34. The van der Waals surface area contributed by atoms with E-state index >= 15 is 0 Å². The summed E-state index contributed by atoms with van der Waals surface area (Å²) < 4.78 is 5.55. The maximum absolute atomic E-state index is 12.2. The third-order valence-corrected chi connectivity index (χ3v) is 3.96. The molecule has 0 saturated carbocycles. The van der Waals surface area contributed by atoms with Gasteiger partial charge in [0.25, 0.3) is 5.91 Å². The standard InChI is InChI=1S/C16H20N4O2/c1-13-2-4-15(5-3-13)22-12-16(21)19-10-6-14(7-11-19)20-17-8-9-18-20/h2-5,8-9,14H,6-7,10-12H2,1H3. The van der Waals surface area contributed by atoms with Gasteiger partial charge in [0.15, 0.2) is 6.61 Å². The minimum Gasteiger partial charge on any atom is -0.484 e. The summed E-state index contributed by atoms with van der Waals surface area (Å²) >= 11 is 0. The van der Waals surface area contributed by atoms with E-state index in [0.717, 1.165) is 31.7 Å². The predicted octanol–water partition coefficient (Wildman–Crippen LogP) is 1.83. The number of hydrogen-bond acceptors (Lipinski definition) is 4. The number of likely N-dealkylation sites (tertiary alicyclic amines) is 1. The molecule has 3 rings (SSSR count). The molecule has 0 aliphatic carbocycles. The SMILES string of the molecule is Cc1ccc(OCC(=O)N2CCC(n3nccn3)CC2)cc1. The van der Waals surface area contributed by atoms with Crippen molar-refractivity contribution >= 4 is 5.91 Å². The Morgan fingerprint density at radius 1 is 1.18 bits per heavy atom. The van der Waals surface area contributed by atoms with Gasteiger partial charge in [-0.1, -0.05) is 17.7 Å². The van der Waals surface area contributed by atoms with Crippen LogP contribution in [0.25, 0.3) is 0 Å². The van der Waals surface area contributed by atoms with Crippen molar-refractivity contribution in [1.82, 2.24) is 19.9 Å². The van der Waals surface area contributed by atoms with Crippen LogP contribution >= 0.6 is 0 Å². The lowest BCUT2D eigenvalue weighted by Crippen LogP contribution is -2.41. The molecule has 2 heterocycles.